The van der Waals surface area contributed by atoms with Crippen LogP contribution in [0.25, 0.3) is 10.2 Å². The van der Waals surface area contributed by atoms with Crippen LogP contribution < -0.4 is 10.9 Å². The SMILES string of the molecule is COC(=O)c1ccc(NC(=O)CSc2nc3ccsc3c(=O)n2Cc2ccccc2F)cc1. The first-order chi connectivity index (χ1) is 16.0. The molecule has 0 aliphatic carbocycles. The summed E-state index contributed by atoms with van der Waals surface area (Å²) >= 11 is 2.36. The van der Waals surface area contributed by atoms with Crippen LogP contribution in [0.15, 0.2) is 69.9 Å². The van der Waals surface area contributed by atoms with Gasteiger partial charge in [-0.1, -0.05) is 30.0 Å². The molecule has 0 atom stereocenters. The number of rotatable bonds is 7. The number of esters is 1. The van der Waals surface area contributed by atoms with E-state index in [4.69, 9.17) is 0 Å². The van der Waals surface area contributed by atoms with Gasteiger partial charge in [-0.15, -0.1) is 11.3 Å². The molecule has 33 heavy (non-hydrogen) atoms. The summed E-state index contributed by atoms with van der Waals surface area (Å²) in [6.07, 6.45) is 0. The van der Waals surface area contributed by atoms with Crippen molar-refractivity contribution in [3.63, 3.8) is 0 Å². The molecular formula is C23H18FN3O4S2. The Morgan fingerprint density at radius 1 is 1.15 bits per heavy atom. The third kappa shape index (κ3) is 5.12. The third-order valence-corrected chi connectivity index (χ3v) is 6.61. The topological polar surface area (TPSA) is 90.3 Å². The van der Waals surface area contributed by atoms with Crippen LogP contribution in [0.5, 0.6) is 0 Å². The Balaban J connectivity index is 1.53. The Hall–Kier alpha value is -3.50. The highest BCUT2D eigenvalue weighted by atomic mass is 32.2. The van der Waals surface area contributed by atoms with Crippen molar-refractivity contribution in [3.8, 4) is 0 Å². The van der Waals surface area contributed by atoms with Crippen LogP contribution in [0.1, 0.15) is 15.9 Å². The van der Waals surface area contributed by atoms with Gasteiger partial charge in [-0.25, -0.2) is 14.2 Å². The maximum absolute atomic E-state index is 14.2. The van der Waals surface area contributed by atoms with Gasteiger partial charge in [-0.2, -0.15) is 0 Å². The molecule has 0 aliphatic heterocycles. The van der Waals surface area contributed by atoms with E-state index < -0.39 is 11.8 Å². The maximum atomic E-state index is 14.2. The number of ether oxygens (including phenoxy) is 1. The number of benzene rings is 2. The molecule has 4 aromatic rings. The van der Waals surface area contributed by atoms with Crippen LogP contribution in [0.4, 0.5) is 10.1 Å². The van der Waals surface area contributed by atoms with Gasteiger partial charge in [-0.3, -0.25) is 14.2 Å². The number of thioether (sulfide) groups is 1. The predicted octanol–water partition coefficient (Wildman–Crippen LogP) is 4.16. The molecule has 0 saturated carbocycles. The quantitative estimate of drug-likeness (QED) is 0.241. The summed E-state index contributed by atoms with van der Waals surface area (Å²) in [5.41, 5.74) is 1.50. The highest BCUT2D eigenvalue weighted by molar-refractivity contribution is 7.99. The number of fused-ring (bicyclic) bond motifs is 1. The van der Waals surface area contributed by atoms with Crippen LogP contribution >= 0.6 is 23.1 Å². The number of aromatic nitrogens is 2. The molecule has 10 heteroatoms. The number of nitrogens with one attached hydrogen (secondary N) is 1. The van der Waals surface area contributed by atoms with Gasteiger partial charge in [0.2, 0.25) is 5.91 Å². The molecule has 0 bridgehead atoms. The Morgan fingerprint density at radius 2 is 1.91 bits per heavy atom. The Labute approximate surface area is 196 Å². The molecule has 0 saturated heterocycles. The number of thiophene rings is 1. The average molecular weight is 484 g/mol. The zero-order valence-corrected chi connectivity index (χ0v) is 19.0. The minimum atomic E-state index is -0.467. The second-order valence-electron chi connectivity index (χ2n) is 6.92. The van der Waals surface area contributed by atoms with Crippen LogP contribution in [-0.2, 0) is 16.1 Å². The molecule has 2 heterocycles. The lowest BCUT2D eigenvalue weighted by atomic mass is 10.2. The number of halogens is 1. The van der Waals surface area contributed by atoms with Gasteiger partial charge in [0, 0.05) is 11.3 Å². The van der Waals surface area contributed by atoms with Crippen molar-refractivity contribution < 1.29 is 18.7 Å². The van der Waals surface area contributed by atoms with Crippen LogP contribution in [0.3, 0.4) is 0 Å². The van der Waals surface area contributed by atoms with Gasteiger partial charge < -0.3 is 10.1 Å². The first-order valence-corrected chi connectivity index (χ1v) is 11.7. The molecule has 0 spiro atoms. The first-order valence-electron chi connectivity index (χ1n) is 9.78. The number of amides is 1. The second kappa shape index (κ2) is 9.97. The molecule has 7 nitrogen and oxygen atoms in total. The summed E-state index contributed by atoms with van der Waals surface area (Å²) in [6.45, 7) is 0.00525. The zero-order valence-electron chi connectivity index (χ0n) is 17.4. The van der Waals surface area contributed by atoms with E-state index >= 15 is 0 Å². The predicted molar refractivity (Wildman–Crippen MR) is 127 cm³/mol. The van der Waals surface area contributed by atoms with Crippen molar-refractivity contribution >= 4 is 50.9 Å². The van der Waals surface area contributed by atoms with Crippen molar-refractivity contribution in [2.75, 3.05) is 18.2 Å². The zero-order chi connectivity index (χ0) is 23.4. The molecule has 168 valence electrons. The summed E-state index contributed by atoms with van der Waals surface area (Å²) in [4.78, 5) is 41.6. The highest BCUT2D eigenvalue weighted by Crippen LogP contribution is 2.22. The van der Waals surface area contributed by atoms with Gasteiger partial charge in [0.1, 0.15) is 10.5 Å². The van der Waals surface area contributed by atoms with E-state index in [0.717, 1.165) is 11.8 Å². The molecule has 0 radical (unpaired) electrons. The lowest BCUT2D eigenvalue weighted by Gasteiger charge is -2.13. The fraction of sp³-hybridized carbons (Fsp3) is 0.130. The number of carbonyl (C=O) groups is 2. The van der Waals surface area contributed by atoms with Gasteiger partial charge in [0.25, 0.3) is 5.56 Å². The molecule has 1 N–H and O–H groups in total. The van der Waals surface area contributed by atoms with E-state index in [9.17, 15) is 18.8 Å². The smallest absolute Gasteiger partial charge is 0.337 e. The van der Waals surface area contributed by atoms with E-state index in [-0.39, 0.29) is 23.8 Å². The second-order valence-corrected chi connectivity index (χ2v) is 8.78. The summed E-state index contributed by atoms with van der Waals surface area (Å²) in [7, 11) is 1.29. The van der Waals surface area contributed by atoms with Crippen LogP contribution in [0, 0.1) is 5.82 Å². The first kappa shape index (κ1) is 22.7. The molecule has 0 unspecified atom stereocenters. The summed E-state index contributed by atoms with van der Waals surface area (Å²) in [6, 6.07) is 14.3. The maximum Gasteiger partial charge on any atom is 0.337 e. The van der Waals surface area contributed by atoms with Crippen LogP contribution in [-0.4, -0.2) is 34.3 Å². The Kier molecular flexibility index (Phi) is 6.85. The summed E-state index contributed by atoms with van der Waals surface area (Å²) in [5, 5.41) is 4.83. The van der Waals surface area contributed by atoms with Crippen LogP contribution in [0.2, 0.25) is 0 Å². The highest BCUT2D eigenvalue weighted by Gasteiger charge is 2.16. The lowest BCUT2D eigenvalue weighted by Crippen LogP contribution is -2.24. The fourth-order valence-corrected chi connectivity index (χ4v) is 4.68. The number of hydrogen-bond acceptors (Lipinski definition) is 7. The minimum absolute atomic E-state index is 0.00525. The number of methoxy groups -OCH3 is 1. The van der Waals surface area contributed by atoms with Crippen molar-refractivity contribution in [1.82, 2.24) is 9.55 Å². The van der Waals surface area contributed by atoms with Crippen molar-refractivity contribution in [2.24, 2.45) is 0 Å². The molecular weight excluding hydrogens is 465 g/mol. The Morgan fingerprint density at radius 3 is 2.64 bits per heavy atom. The summed E-state index contributed by atoms with van der Waals surface area (Å²) in [5.74, 6) is -1.22. The molecule has 1 amide bonds. The number of anilines is 1. The van der Waals surface area contributed by atoms with Gasteiger partial charge in [0.05, 0.1) is 30.5 Å². The fourth-order valence-electron chi connectivity index (χ4n) is 3.10. The van der Waals surface area contributed by atoms with E-state index in [1.54, 1.807) is 53.9 Å². The number of hydrogen-bond donors (Lipinski definition) is 1. The lowest BCUT2D eigenvalue weighted by molar-refractivity contribution is -0.113. The van der Waals surface area contributed by atoms with E-state index in [0.29, 0.717) is 32.2 Å². The van der Waals surface area contributed by atoms with Gasteiger partial charge in [-0.05, 0) is 41.8 Å². The molecule has 2 aromatic heterocycles. The third-order valence-electron chi connectivity index (χ3n) is 4.74. The molecule has 4 rings (SSSR count). The molecule has 2 aromatic carbocycles. The summed E-state index contributed by atoms with van der Waals surface area (Å²) < 4.78 is 20.7. The minimum Gasteiger partial charge on any atom is -0.465 e. The van der Waals surface area contributed by atoms with Crippen molar-refractivity contribution in [2.45, 2.75) is 11.7 Å². The monoisotopic (exact) mass is 483 g/mol. The average Bonchev–Trinajstić information content (AvgIpc) is 3.30. The van der Waals surface area contributed by atoms with Crippen molar-refractivity contribution in [1.29, 1.82) is 0 Å². The van der Waals surface area contributed by atoms with Gasteiger partial charge in [0.15, 0.2) is 5.16 Å². The standard InChI is InChI=1S/C23H18FN3O4S2/c1-31-22(30)14-6-8-16(9-7-14)25-19(28)13-33-23-26-18-10-11-32-20(18)21(29)27(23)12-15-4-2-3-5-17(15)24/h2-11H,12-13H2,1H3,(H,25,28). The molecule has 0 aliphatic rings. The Bertz CT molecular complexity index is 1380. The van der Waals surface area contributed by atoms with Crippen molar-refractivity contribution in [3.05, 3.63) is 87.3 Å². The number of nitrogens with zero attached hydrogens (tertiary/aromatic N) is 2. The largest absolute Gasteiger partial charge is 0.465 e. The van der Waals surface area contributed by atoms with E-state index in [2.05, 4.69) is 15.0 Å². The van der Waals surface area contributed by atoms with E-state index in [1.807, 2.05) is 0 Å². The molecule has 0 fully saturated rings. The normalized spacial score (nSPS) is 10.8. The van der Waals surface area contributed by atoms with E-state index in [1.165, 1.54) is 29.1 Å². The number of carbonyl (C=O) groups excluding carboxylic acids is 2. The van der Waals surface area contributed by atoms with Gasteiger partial charge >= 0.3 is 5.97 Å².